The molecule has 2 fully saturated rings. The molecule has 1 aromatic carbocycles. The lowest BCUT2D eigenvalue weighted by Crippen LogP contribution is -2.35. The Bertz CT molecular complexity index is 650. The molecule has 1 aliphatic carbocycles. The van der Waals surface area contributed by atoms with E-state index < -0.39 is 15.8 Å². The van der Waals surface area contributed by atoms with Crippen LogP contribution in [0.1, 0.15) is 36.8 Å². The second-order valence-corrected chi connectivity index (χ2v) is 8.02. The number of hydrogen-bond acceptors (Lipinski definition) is 4. The number of nitrogens with one attached hydrogen (secondary N) is 1. The molecule has 3 rings (SSSR count). The molecule has 0 aromatic heterocycles. The Labute approximate surface area is 132 Å². The SMILES string of the molecule is Cc1ccc(S(=O)(=O)NC[C@H]2COC3(CCCC3)O2)c(C)c1. The van der Waals surface area contributed by atoms with Gasteiger partial charge in [0.05, 0.1) is 17.6 Å². The molecule has 0 bridgehead atoms. The largest absolute Gasteiger partial charge is 0.347 e. The number of ether oxygens (including phenoxy) is 2. The van der Waals surface area contributed by atoms with Crippen molar-refractivity contribution in [2.75, 3.05) is 13.2 Å². The lowest BCUT2D eigenvalue weighted by Gasteiger charge is -2.22. The lowest BCUT2D eigenvalue weighted by atomic mass is 10.2. The van der Waals surface area contributed by atoms with Gasteiger partial charge in [0.25, 0.3) is 0 Å². The highest BCUT2D eigenvalue weighted by atomic mass is 32.2. The zero-order chi connectivity index (χ0) is 15.8. The predicted molar refractivity (Wildman–Crippen MR) is 83.1 cm³/mol. The average molecular weight is 325 g/mol. The van der Waals surface area contributed by atoms with Gasteiger partial charge < -0.3 is 9.47 Å². The van der Waals surface area contributed by atoms with E-state index in [0.717, 1.165) is 36.8 Å². The first-order valence-electron chi connectivity index (χ1n) is 7.79. The number of aryl methyl sites for hydroxylation is 2. The molecule has 122 valence electrons. The third-order valence-electron chi connectivity index (χ3n) is 4.40. The van der Waals surface area contributed by atoms with Crippen molar-refractivity contribution in [3.8, 4) is 0 Å². The first-order valence-corrected chi connectivity index (χ1v) is 9.27. The van der Waals surface area contributed by atoms with Gasteiger partial charge >= 0.3 is 0 Å². The minimum atomic E-state index is -3.52. The van der Waals surface area contributed by atoms with Crippen LogP contribution in [0.5, 0.6) is 0 Å². The van der Waals surface area contributed by atoms with Crippen molar-refractivity contribution in [3.63, 3.8) is 0 Å². The molecule has 1 aromatic rings. The van der Waals surface area contributed by atoms with Crippen molar-refractivity contribution in [1.82, 2.24) is 4.72 Å². The number of sulfonamides is 1. The van der Waals surface area contributed by atoms with E-state index in [-0.39, 0.29) is 12.6 Å². The summed E-state index contributed by atoms with van der Waals surface area (Å²) in [7, 11) is -3.52. The summed E-state index contributed by atoms with van der Waals surface area (Å²) >= 11 is 0. The molecule has 1 N–H and O–H groups in total. The van der Waals surface area contributed by atoms with Crippen LogP contribution < -0.4 is 4.72 Å². The van der Waals surface area contributed by atoms with Crippen LogP contribution in [0.25, 0.3) is 0 Å². The summed E-state index contributed by atoms with van der Waals surface area (Å²) in [5, 5.41) is 0. The molecule has 0 radical (unpaired) electrons. The van der Waals surface area contributed by atoms with Crippen LogP contribution in [0.4, 0.5) is 0 Å². The average Bonchev–Trinajstić information content (AvgIpc) is 3.07. The normalized spacial score (nSPS) is 24.2. The summed E-state index contributed by atoms with van der Waals surface area (Å²) in [6, 6.07) is 5.33. The van der Waals surface area contributed by atoms with Gasteiger partial charge in [-0.2, -0.15) is 0 Å². The van der Waals surface area contributed by atoms with E-state index in [0.29, 0.717) is 11.5 Å². The van der Waals surface area contributed by atoms with Gasteiger partial charge in [0, 0.05) is 19.4 Å². The van der Waals surface area contributed by atoms with Gasteiger partial charge in [0.1, 0.15) is 0 Å². The van der Waals surface area contributed by atoms with Crippen LogP contribution in [0, 0.1) is 13.8 Å². The summed E-state index contributed by atoms with van der Waals surface area (Å²) in [5.74, 6) is -0.449. The van der Waals surface area contributed by atoms with Gasteiger partial charge in [0.15, 0.2) is 5.79 Å². The van der Waals surface area contributed by atoms with Gasteiger partial charge in [-0.05, 0) is 38.3 Å². The third kappa shape index (κ3) is 3.20. The molecule has 0 unspecified atom stereocenters. The Morgan fingerprint density at radius 2 is 2.00 bits per heavy atom. The molecule has 22 heavy (non-hydrogen) atoms. The van der Waals surface area contributed by atoms with Gasteiger partial charge in [0.2, 0.25) is 10.0 Å². The Kier molecular flexibility index (Phi) is 4.29. The van der Waals surface area contributed by atoms with Gasteiger partial charge in [-0.25, -0.2) is 13.1 Å². The second-order valence-electron chi connectivity index (χ2n) is 6.29. The quantitative estimate of drug-likeness (QED) is 0.922. The van der Waals surface area contributed by atoms with Crippen LogP contribution in [0.2, 0.25) is 0 Å². The molecular weight excluding hydrogens is 302 g/mol. The summed E-state index contributed by atoms with van der Waals surface area (Å²) in [6.07, 6.45) is 3.83. The molecule has 0 amide bonds. The Morgan fingerprint density at radius 3 is 2.68 bits per heavy atom. The zero-order valence-electron chi connectivity index (χ0n) is 13.1. The monoisotopic (exact) mass is 325 g/mol. The van der Waals surface area contributed by atoms with Crippen molar-refractivity contribution < 1.29 is 17.9 Å². The Balaban J connectivity index is 1.63. The van der Waals surface area contributed by atoms with E-state index >= 15 is 0 Å². The van der Waals surface area contributed by atoms with Crippen molar-refractivity contribution in [3.05, 3.63) is 29.3 Å². The smallest absolute Gasteiger partial charge is 0.240 e. The Morgan fingerprint density at radius 1 is 1.27 bits per heavy atom. The predicted octanol–water partition coefficient (Wildman–Crippen LogP) is 2.27. The summed E-state index contributed by atoms with van der Waals surface area (Å²) in [4.78, 5) is 0.326. The number of rotatable bonds is 4. The summed E-state index contributed by atoms with van der Waals surface area (Å²) in [6.45, 7) is 4.46. The topological polar surface area (TPSA) is 64.6 Å². The van der Waals surface area contributed by atoms with Crippen LogP contribution in [-0.4, -0.2) is 33.5 Å². The molecule has 2 aliphatic rings. The molecule has 5 nitrogen and oxygen atoms in total. The van der Waals surface area contributed by atoms with Gasteiger partial charge in [-0.3, -0.25) is 0 Å². The van der Waals surface area contributed by atoms with E-state index in [2.05, 4.69) is 4.72 Å². The molecule has 1 saturated heterocycles. The lowest BCUT2D eigenvalue weighted by molar-refractivity contribution is -0.160. The maximum absolute atomic E-state index is 12.4. The summed E-state index contributed by atoms with van der Waals surface area (Å²) in [5.41, 5.74) is 1.80. The molecule has 1 heterocycles. The molecule has 1 spiro atoms. The molecule has 1 aliphatic heterocycles. The van der Waals surface area contributed by atoms with Crippen LogP contribution in [-0.2, 0) is 19.5 Å². The van der Waals surface area contributed by atoms with Crippen LogP contribution in [0.3, 0.4) is 0 Å². The van der Waals surface area contributed by atoms with Crippen molar-refractivity contribution in [1.29, 1.82) is 0 Å². The highest BCUT2D eigenvalue weighted by Crippen LogP contribution is 2.39. The first kappa shape index (κ1) is 15.9. The standard InChI is InChI=1S/C16H23NO4S/c1-12-5-6-15(13(2)9-12)22(18,19)17-10-14-11-20-16(21-14)7-3-4-8-16/h5-6,9,14,17H,3-4,7-8,10-11H2,1-2H3/t14-/m0/s1. The van der Waals surface area contributed by atoms with Crippen molar-refractivity contribution >= 4 is 10.0 Å². The van der Waals surface area contributed by atoms with E-state index in [9.17, 15) is 8.42 Å². The fourth-order valence-corrected chi connectivity index (χ4v) is 4.57. The minimum Gasteiger partial charge on any atom is -0.347 e. The van der Waals surface area contributed by atoms with Crippen molar-refractivity contribution in [2.24, 2.45) is 0 Å². The van der Waals surface area contributed by atoms with E-state index in [4.69, 9.17) is 9.47 Å². The fraction of sp³-hybridized carbons (Fsp3) is 0.625. The number of benzene rings is 1. The van der Waals surface area contributed by atoms with Crippen LogP contribution in [0.15, 0.2) is 23.1 Å². The summed E-state index contributed by atoms with van der Waals surface area (Å²) < 4.78 is 39.2. The minimum absolute atomic E-state index is 0.210. The zero-order valence-corrected chi connectivity index (χ0v) is 13.9. The van der Waals surface area contributed by atoms with E-state index in [1.165, 1.54) is 0 Å². The number of hydrogen-bond donors (Lipinski definition) is 1. The second kappa shape index (κ2) is 5.92. The molecule has 6 heteroatoms. The van der Waals surface area contributed by atoms with E-state index in [1.807, 2.05) is 26.0 Å². The fourth-order valence-electron chi connectivity index (χ4n) is 3.27. The van der Waals surface area contributed by atoms with Gasteiger partial charge in [-0.15, -0.1) is 0 Å². The maximum atomic E-state index is 12.4. The third-order valence-corrected chi connectivity index (χ3v) is 5.98. The Hall–Kier alpha value is -0.950. The maximum Gasteiger partial charge on any atom is 0.240 e. The highest BCUT2D eigenvalue weighted by molar-refractivity contribution is 7.89. The highest BCUT2D eigenvalue weighted by Gasteiger charge is 2.43. The van der Waals surface area contributed by atoms with Gasteiger partial charge in [-0.1, -0.05) is 17.7 Å². The molecular formula is C16H23NO4S. The van der Waals surface area contributed by atoms with Crippen LogP contribution >= 0.6 is 0 Å². The molecule has 1 atom stereocenters. The first-order chi connectivity index (χ1) is 10.4. The van der Waals surface area contributed by atoms with Crippen molar-refractivity contribution in [2.45, 2.75) is 56.3 Å². The molecule has 1 saturated carbocycles. The van der Waals surface area contributed by atoms with E-state index in [1.54, 1.807) is 6.07 Å².